The van der Waals surface area contributed by atoms with Crippen LogP contribution >= 0.6 is 34.3 Å². The summed E-state index contributed by atoms with van der Waals surface area (Å²) in [5.74, 6) is -0.325. The third kappa shape index (κ3) is 3.43. The number of aliphatic imine (C=N–C) groups is 1. The van der Waals surface area contributed by atoms with E-state index in [0.29, 0.717) is 10.6 Å². The molecule has 3 aromatic rings. The van der Waals surface area contributed by atoms with Crippen LogP contribution in [0.15, 0.2) is 46.8 Å². The number of amides is 1. The van der Waals surface area contributed by atoms with Gasteiger partial charge in [-0.1, -0.05) is 29.8 Å². The van der Waals surface area contributed by atoms with Crippen LogP contribution in [0.5, 0.6) is 0 Å². The summed E-state index contributed by atoms with van der Waals surface area (Å²) >= 11 is 9.15. The second kappa shape index (κ2) is 7.62. The molecule has 0 aliphatic carbocycles. The molecular formula is C21H17ClN2O2S2. The molecule has 2 aromatic heterocycles. The molecule has 0 fully saturated rings. The first-order valence-corrected chi connectivity index (χ1v) is 10.8. The number of ketones is 1. The number of hydrogen-bond acceptors (Lipinski definition) is 5. The van der Waals surface area contributed by atoms with E-state index >= 15 is 0 Å². The molecule has 1 amide bonds. The predicted molar refractivity (Wildman–Crippen MR) is 117 cm³/mol. The topological polar surface area (TPSA) is 49.7 Å². The first-order chi connectivity index (χ1) is 13.5. The van der Waals surface area contributed by atoms with E-state index in [1.165, 1.54) is 11.3 Å². The molecule has 1 aliphatic rings. The number of hydrogen-bond donors (Lipinski definition) is 0. The molecule has 0 N–H and O–H groups in total. The minimum absolute atomic E-state index is 0.0238. The van der Waals surface area contributed by atoms with E-state index in [4.69, 9.17) is 11.6 Å². The number of nitrogens with zero attached hydrogens (tertiary/aromatic N) is 2. The van der Waals surface area contributed by atoms with Gasteiger partial charge < -0.3 is 0 Å². The molecule has 7 heteroatoms. The van der Waals surface area contributed by atoms with Gasteiger partial charge in [-0.05, 0) is 43.0 Å². The Morgan fingerprint density at radius 3 is 2.79 bits per heavy atom. The normalized spacial score (nSPS) is 13.9. The van der Waals surface area contributed by atoms with Crippen molar-refractivity contribution < 1.29 is 9.59 Å². The lowest BCUT2D eigenvalue weighted by atomic mass is 10.0. The third-order valence-corrected chi connectivity index (χ3v) is 7.07. The molecule has 4 rings (SSSR count). The zero-order valence-corrected chi connectivity index (χ0v) is 17.7. The van der Waals surface area contributed by atoms with Crippen LogP contribution < -0.4 is 4.90 Å². The van der Waals surface area contributed by atoms with Gasteiger partial charge >= 0.3 is 0 Å². The highest BCUT2D eigenvalue weighted by Gasteiger charge is 2.31. The summed E-state index contributed by atoms with van der Waals surface area (Å²) in [5, 5.41) is 3.29. The average molecular weight is 429 g/mol. The molecule has 0 atom stereocenters. The molecule has 3 heterocycles. The van der Waals surface area contributed by atoms with Crippen molar-refractivity contribution in [3.63, 3.8) is 0 Å². The molecule has 0 spiro atoms. The van der Waals surface area contributed by atoms with Crippen LogP contribution in [0.25, 0.3) is 0 Å². The Hall–Kier alpha value is -2.28. The maximum atomic E-state index is 12.9. The van der Waals surface area contributed by atoms with Crippen LogP contribution in [0.4, 0.5) is 5.00 Å². The Morgan fingerprint density at radius 1 is 1.25 bits per heavy atom. The molecule has 4 nitrogen and oxygen atoms in total. The molecule has 0 bridgehead atoms. The number of rotatable bonds is 4. The van der Waals surface area contributed by atoms with E-state index in [1.807, 2.05) is 31.4 Å². The minimum atomic E-state index is -0.176. The van der Waals surface area contributed by atoms with Gasteiger partial charge in [0.15, 0.2) is 5.78 Å². The SMILES string of the molecule is Cc1sc2c(c1C)C(c1cccs1)=NCC(=O)N2CC(=O)c1cccc(Cl)c1. The van der Waals surface area contributed by atoms with Crippen LogP contribution in [-0.2, 0) is 4.79 Å². The maximum absolute atomic E-state index is 12.9. The second-order valence-electron chi connectivity index (χ2n) is 6.52. The number of aryl methyl sites for hydroxylation is 1. The maximum Gasteiger partial charge on any atom is 0.249 e. The number of carbonyl (C=O) groups excluding carboxylic acids is 2. The van der Waals surface area contributed by atoms with Crippen LogP contribution in [-0.4, -0.2) is 30.5 Å². The van der Waals surface area contributed by atoms with Crippen molar-refractivity contribution in [2.75, 3.05) is 18.0 Å². The van der Waals surface area contributed by atoms with Gasteiger partial charge in [0, 0.05) is 21.0 Å². The molecule has 142 valence electrons. The Bertz CT molecular complexity index is 1100. The van der Waals surface area contributed by atoms with E-state index in [2.05, 4.69) is 4.99 Å². The highest BCUT2D eigenvalue weighted by molar-refractivity contribution is 7.17. The van der Waals surface area contributed by atoms with Crippen molar-refractivity contribution in [1.82, 2.24) is 0 Å². The zero-order chi connectivity index (χ0) is 19.8. The quantitative estimate of drug-likeness (QED) is 0.540. The Morgan fingerprint density at radius 2 is 2.07 bits per heavy atom. The van der Waals surface area contributed by atoms with E-state index in [1.54, 1.807) is 40.5 Å². The van der Waals surface area contributed by atoms with Gasteiger partial charge in [0.1, 0.15) is 11.5 Å². The lowest BCUT2D eigenvalue weighted by Gasteiger charge is -2.20. The summed E-state index contributed by atoms with van der Waals surface area (Å²) in [7, 11) is 0. The third-order valence-electron chi connectivity index (χ3n) is 4.73. The monoisotopic (exact) mass is 428 g/mol. The highest BCUT2D eigenvalue weighted by atomic mass is 35.5. The Balaban J connectivity index is 1.76. The van der Waals surface area contributed by atoms with Crippen molar-refractivity contribution in [2.24, 2.45) is 4.99 Å². The lowest BCUT2D eigenvalue weighted by Crippen LogP contribution is -2.36. The molecule has 0 unspecified atom stereocenters. The van der Waals surface area contributed by atoms with Crippen LogP contribution in [0.2, 0.25) is 5.02 Å². The van der Waals surface area contributed by atoms with Crippen molar-refractivity contribution in [3.8, 4) is 0 Å². The van der Waals surface area contributed by atoms with E-state index < -0.39 is 0 Å². The molecule has 0 radical (unpaired) electrons. The van der Waals surface area contributed by atoms with Crippen molar-refractivity contribution >= 4 is 56.7 Å². The summed E-state index contributed by atoms with van der Waals surface area (Å²) < 4.78 is 0. The number of carbonyl (C=O) groups is 2. The molecule has 1 aromatic carbocycles. The van der Waals surface area contributed by atoms with E-state index in [-0.39, 0.29) is 24.8 Å². The Kier molecular flexibility index (Phi) is 5.19. The lowest BCUT2D eigenvalue weighted by molar-refractivity contribution is -0.117. The van der Waals surface area contributed by atoms with Crippen LogP contribution in [0.3, 0.4) is 0 Å². The van der Waals surface area contributed by atoms with Crippen molar-refractivity contribution in [1.29, 1.82) is 0 Å². The summed E-state index contributed by atoms with van der Waals surface area (Å²) in [6, 6.07) is 10.8. The van der Waals surface area contributed by atoms with Gasteiger partial charge in [-0.2, -0.15) is 0 Å². The van der Waals surface area contributed by atoms with Gasteiger partial charge in [0.2, 0.25) is 5.91 Å². The zero-order valence-electron chi connectivity index (χ0n) is 15.4. The van der Waals surface area contributed by atoms with Crippen molar-refractivity contribution in [2.45, 2.75) is 13.8 Å². The Labute approximate surface area is 176 Å². The van der Waals surface area contributed by atoms with Crippen LogP contribution in [0, 0.1) is 13.8 Å². The largest absolute Gasteiger partial charge is 0.294 e. The first kappa shape index (κ1) is 19.1. The summed E-state index contributed by atoms with van der Waals surface area (Å²) in [4.78, 5) is 34.1. The fourth-order valence-electron chi connectivity index (χ4n) is 3.17. The number of anilines is 1. The number of Topliss-reactive ketones (excluding diaryl/α,β-unsaturated/α-hetero) is 1. The summed E-state index contributed by atoms with van der Waals surface area (Å²) in [6.45, 7) is 4.07. The fraction of sp³-hybridized carbons (Fsp3) is 0.190. The number of fused-ring (bicyclic) bond motifs is 1. The predicted octanol–water partition coefficient (Wildman–Crippen LogP) is 5.15. The summed E-state index contributed by atoms with van der Waals surface area (Å²) in [5.41, 5.74) is 3.38. The van der Waals surface area contributed by atoms with Gasteiger partial charge in [0.25, 0.3) is 0 Å². The number of benzene rings is 1. The number of thiophene rings is 2. The molecular weight excluding hydrogens is 412 g/mol. The average Bonchev–Trinajstić information content (AvgIpc) is 3.27. The number of halogens is 1. The van der Waals surface area contributed by atoms with Gasteiger partial charge in [-0.3, -0.25) is 19.5 Å². The first-order valence-electron chi connectivity index (χ1n) is 8.73. The van der Waals surface area contributed by atoms with Gasteiger partial charge in [0.05, 0.1) is 17.1 Å². The van der Waals surface area contributed by atoms with E-state index in [9.17, 15) is 9.59 Å². The second-order valence-corrected chi connectivity index (χ2v) is 9.11. The molecule has 1 aliphatic heterocycles. The molecule has 0 saturated heterocycles. The van der Waals surface area contributed by atoms with Gasteiger partial charge in [-0.15, -0.1) is 22.7 Å². The minimum Gasteiger partial charge on any atom is -0.294 e. The van der Waals surface area contributed by atoms with Gasteiger partial charge in [-0.25, -0.2) is 0 Å². The molecule has 28 heavy (non-hydrogen) atoms. The smallest absolute Gasteiger partial charge is 0.249 e. The highest BCUT2D eigenvalue weighted by Crippen LogP contribution is 2.39. The van der Waals surface area contributed by atoms with E-state index in [0.717, 1.165) is 31.6 Å². The van der Waals surface area contributed by atoms with Crippen LogP contribution in [0.1, 0.15) is 31.2 Å². The standard InChI is InChI=1S/C21H17ClN2O2S2/c1-12-13(2)28-21-19(12)20(17-7-4-8-27-17)23-10-18(26)24(21)11-16(25)14-5-3-6-15(22)9-14/h3-9H,10-11H2,1-2H3. The van der Waals surface area contributed by atoms with Crippen molar-refractivity contribution in [3.05, 3.63) is 73.2 Å². The summed E-state index contributed by atoms with van der Waals surface area (Å²) in [6.07, 6.45) is 0. The fourth-order valence-corrected chi connectivity index (χ4v) is 5.28. The molecule has 0 saturated carbocycles.